The second-order valence-electron chi connectivity index (χ2n) is 2.33. The molecule has 3 heteroatoms. The van der Waals surface area contributed by atoms with Gasteiger partial charge in [0.15, 0.2) is 0 Å². The Kier molecular flexibility index (Phi) is 7.44. The largest absolute Gasteiger partial charge is 2.00 e. The van der Waals surface area contributed by atoms with Gasteiger partial charge >= 0.3 is 19.5 Å². The van der Waals surface area contributed by atoms with E-state index < -0.39 is 0 Å². The molecule has 0 fully saturated rings. The fraction of sp³-hybridized carbons (Fsp3) is 0.200. The van der Waals surface area contributed by atoms with Gasteiger partial charge in [-0.25, -0.2) is 12.1 Å². The van der Waals surface area contributed by atoms with Crippen LogP contribution < -0.4 is 0 Å². The van der Waals surface area contributed by atoms with Gasteiger partial charge in [0, 0.05) is 0 Å². The summed E-state index contributed by atoms with van der Waals surface area (Å²) in [6.07, 6.45) is 0. The van der Waals surface area contributed by atoms with Crippen molar-refractivity contribution in [3.8, 4) is 0 Å². The first-order valence-electron chi connectivity index (χ1n) is 3.64. The zero-order valence-electron chi connectivity index (χ0n) is 7.83. The van der Waals surface area contributed by atoms with Gasteiger partial charge < -0.3 is 22.7 Å². The molecule has 0 atom stereocenters. The number of rotatable bonds is 0. The maximum absolute atomic E-state index is 2.97. The van der Waals surface area contributed by atoms with E-state index in [1.54, 1.807) is 22.7 Å². The molecule has 0 bridgehead atoms. The summed E-state index contributed by atoms with van der Waals surface area (Å²) in [4.78, 5) is 2.66. The van der Waals surface area contributed by atoms with E-state index in [0.29, 0.717) is 0 Å². The molecule has 13 heavy (non-hydrogen) atoms. The Morgan fingerprint density at radius 3 is 1.38 bits per heavy atom. The van der Waals surface area contributed by atoms with Crippen molar-refractivity contribution in [1.29, 1.82) is 0 Å². The Morgan fingerprint density at radius 2 is 1.31 bits per heavy atom. The van der Waals surface area contributed by atoms with Crippen LogP contribution in [0.2, 0.25) is 0 Å². The minimum Gasteiger partial charge on any atom is -0.301 e. The fourth-order valence-corrected chi connectivity index (χ4v) is 1.54. The van der Waals surface area contributed by atoms with Crippen LogP contribution >= 0.6 is 22.7 Å². The monoisotopic (exact) mass is 258 g/mol. The molecule has 0 N–H and O–H groups in total. The third-order valence-corrected chi connectivity index (χ3v) is 2.64. The molecule has 0 saturated carbocycles. The van der Waals surface area contributed by atoms with Gasteiger partial charge in [0.05, 0.1) is 0 Å². The summed E-state index contributed by atoms with van der Waals surface area (Å²) in [6, 6.07) is 7.95. The predicted molar refractivity (Wildman–Crippen MR) is 55.8 cm³/mol. The van der Waals surface area contributed by atoms with Crippen LogP contribution in [0.25, 0.3) is 0 Å². The molecule has 2 aromatic rings. The smallest absolute Gasteiger partial charge is 0.301 e. The van der Waals surface area contributed by atoms with E-state index in [4.69, 9.17) is 0 Å². The molecule has 0 spiro atoms. The molecule has 0 aromatic carbocycles. The molecule has 0 nitrogen and oxygen atoms in total. The van der Waals surface area contributed by atoms with Crippen LogP contribution in [0.5, 0.6) is 0 Å². The molecular formula is C10H10S2Zn. The average molecular weight is 260 g/mol. The van der Waals surface area contributed by atoms with E-state index in [2.05, 4.69) is 24.6 Å². The average Bonchev–Trinajstić information content (AvgIpc) is 2.63. The molecule has 2 heterocycles. The van der Waals surface area contributed by atoms with Crippen molar-refractivity contribution in [2.45, 2.75) is 13.8 Å². The number of thiophene rings is 2. The van der Waals surface area contributed by atoms with E-state index in [9.17, 15) is 0 Å². The van der Waals surface area contributed by atoms with Gasteiger partial charge in [0.25, 0.3) is 0 Å². The van der Waals surface area contributed by atoms with Crippen molar-refractivity contribution in [3.05, 3.63) is 44.8 Å². The Morgan fingerprint density at radius 1 is 0.923 bits per heavy atom. The SMILES string of the molecule is Cc1cc[c-]s1.Cc1cc[c-]s1.[Zn+2]. The Labute approximate surface area is 100 Å². The summed E-state index contributed by atoms with van der Waals surface area (Å²) < 4.78 is 0. The summed E-state index contributed by atoms with van der Waals surface area (Å²) in [5.41, 5.74) is 0. The van der Waals surface area contributed by atoms with Gasteiger partial charge in [-0.1, -0.05) is 13.8 Å². The van der Waals surface area contributed by atoms with Gasteiger partial charge in [-0.3, -0.25) is 0 Å². The molecule has 0 aliphatic carbocycles. The van der Waals surface area contributed by atoms with E-state index in [1.807, 2.05) is 24.3 Å². The third kappa shape index (κ3) is 6.14. The number of aryl methyl sites for hydroxylation is 2. The minimum absolute atomic E-state index is 0. The Hall–Kier alpha value is 0.0234. The van der Waals surface area contributed by atoms with Crippen molar-refractivity contribution < 1.29 is 19.5 Å². The van der Waals surface area contributed by atoms with E-state index in [1.165, 1.54) is 9.75 Å². The summed E-state index contributed by atoms with van der Waals surface area (Å²) in [7, 11) is 0. The summed E-state index contributed by atoms with van der Waals surface area (Å²) in [6.45, 7) is 4.14. The summed E-state index contributed by atoms with van der Waals surface area (Å²) in [5.74, 6) is 0. The molecular weight excluding hydrogens is 250 g/mol. The van der Waals surface area contributed by atoms with Crippen molar-refractivity contribution in [1.82, 2.24) is 0 Å². The summed E-state index contributed by atoms with van der Waals surface area (Å²) in [5, 5.41) is 5.94. The fourth-order valence-electron chi connectivity index (χ4n) is 0.625. The molecule has 2 aromatic heterocycles. The minimum atomic E-state index is 0. The second-order valence-corrected chi connectivity index (χ2v) is 4.50. The van der Waals surface area contributed by atoms with Gasteiger partial charge in [-0.15, -0.1) is 10.8 Å². The number of hydrogen-bond acceptors (Lipinski definition) is 2. The first-order chi connectivity index (χ1) is 5.79. The summed E-state index contributed by atoms with van der Waals surface area (Å²) >= 11 is 3.31. The van der Waals surface area contributed by atoms with E-state index in [0.717, 1.165) is 0 Å². The van der Waals surface area contributed by atoms with E-state index >= 15 is 0 Å². The van der Waals surface area contributed by atoms with Gasteiger partial charge in [0.1, 0.15) is 0 Å². The normalized spacial score (nSPS) is 8.15. The first kappa shape index (κ1) is 13.0. The second kappa shape index (κ2) is 7.43. The topological polar surface area (TPSA) is 0 Å². The van der Waals surface area contributed by atoms with Gasteiger partial charge in [0.2, 0.25) is 0 Å². The van der Waals surface area contributed by atoms with Crippen LogP contribution in [-0.4, -0.2) is 0 Å². The Bertz CT molecular complexity index is 252. The molecule has 2 rings (SSSR count). The molecule has 0 aliphatic heterocycles. The zero-order chi connectivity index (χ0) is 8.81. The Balaban J connectivity index is 0.000000206. The molecule has 0 saturated heterocycles. The maximum atomic E-state index is 2.97. The van der Waals surface area contributed by atoms with E-state index in [-0.39, 0.29) is 19.5 Å². The van der Waals surface area contributed by atoms with Crippen LogP contribution in [0.15, 0.2) is 24.3 Å². The van der Waals surface area contributed by atoms with Gasteiger partial charge in [-0.05, 0) is 0 Å². The molecule has 0 radical (unpaired) electrons. The van der Waals surface area contributed by atoms with Gasteiger partial charge in [-0.2, -0.15) is 21.9 Å². The van der Waals surface area contributed by atoms with Crippen LogP contribution in [0.3, 0.4) is 0 Å². The molecule has 0 amide bonds. The third-order valence-electron chi connectivity index (χ3n) is 1.21. The molecule has 0 unspecified atom stereocenters. The zero-order valence-corrected chi connectivity index (χ0v) is 12.4. The van der Waals surface area contributed by atoms with Crippen LogP contribution in [-0.2, 0) is 19.5 Å². The van der Waals surface area contributed by atoms with Crippen molar-refractivity contribution >= 4 is 22.7 Å². The van der Waals surface area contributed by atoms with Crippen LogP contribution in [0, 0.1) is 24.6 Å². The van der Waals surface area contributed by atoms with Crippen molar-refractivity contribution in [2.24, 2.45) is 0 Å². The maximum Gasteiger partial charge on any atom is 2.00 e. The molecule has 64 valence electrons. The standard InChI is InChI=1S/2C5H5S.Zn/c2*1-5-3-2-4-6-5;/h2*2-3H,1H3;/q2*-1;+2. The van der Waals surface area contributed by atoms with Crippen LogP contribution in [0.4, 0.5) is 0 Å². The van der Waals surface area contributed by atoms with Crippen LogP contribution in [0.1, 0.15) is 9.75 Å². The van der Waals surface area contributed by atoms with Crippen molar-refractivity contribution in [3.63, 3.8) is 0 Å². The molecule has 0 aliphatic rings. The quantitative estimate of drug-likeness (QED) is 0.500. The number of hydrogen-bond donors (Lipinski definition) is 0. The first-order valence-corrected chi connectivity index (χ1v) is 5.27. The predicted octanol–water partition coefficient (Wildman–Crippen LogP) is 3.71. The van der Waals surface area contributed by atoms with Crippen molar-refractivity contribution in [2.75, 3.05) is 0 Å².